The molecule has 2 atom stereocenters. The molecule has 0 heterocycles. The van der Waals surface area contributed by atoms with Crippen LogP contribution in [0.15, 0.2) is 0 Å². The van der Waals surface area contributed by atoms with Crippen LogP contribution in [-0.2, 0) is 48.7 Å². The number of carbonyl (C=O) groups excluding carboxylic acids is 1. The van der Waals surface area contributed by atoms with Crippen LogP contribution in [0.1, 0.15) is 53.7 Å². The van der Waals surface area contributed by atoms with Crippen molar-refractivity contribution in [1.82, 2.24) is 0 Å². The van der Waals surface area contributed by atoms with Crippen molar-refractivity contribution in [1.29, 1.82) is 0 Å². The number of rotatable bonds is 3. The Labute approximate surface area is 152 Å². The molecule has 0 saturated heterocycles. The number of fused-ring (bicyclic) bond motifs is 1. The predicted molar refractivity (Wildman–Crippen MR) is 77.5 cm³/mol. The Hall–Kier alpha value is -0.246. The molecule has 1 aliphatic rings. The fourth-order valence-corrected chi connectivity index (χ4v) is 3.17. The average molecular weight is 364 g/mol. The zero-order chi connectivity index (χ0) is 14.9. The van der Waals surface area contributed by atoms with E-state index in [1.165, 1.54) is 5.56 Å². The quantitative estimate of drug-likeness (QED) is 0.663. The van der Waals surface area contributed by atoms with Gasteiger partial charge in [-0.05, 0) is 12.8 Å². The van der Waals surface area contributed by atoms with Crippen molar-refractivity contribution < 1.29 is 47.3 Å². The number of hydrogen-bond donors (Lipinski definition) is 1. The standard InChI is InChI=1S/C17H23O3.Y/c1-5-20-15(18)9-13-6-7-14-11(3)8-10(2)12(4)16(14)17(13)19;/h13,17,19H,5-7,9H2,1-4H3;/q-1;. The smallest absolute Gasteiger partial charge is 0.306 e. The molecular weight excluding hydrogens is 341 g/mol. The largest absolute Gasteiger partial charge is 0.466 e. The van der Waals surface area contributed by atoms with Crippen molar-refractivity contribution in [2.75, 3.05) is 6.61 Å². The third kappa shape index (κ3) is 3.94. The molecule has 3 nitrogen and oxygen atoms in total. The van der Waals surface area contributed by atoms with Crippen LogP contribution in [0.25, 0.3) is 0 Å². The molecule has 0 amide bonds. The summed E-state index contributed by atoms with van der Waals surface area (Å²) in [6.07, 6.45) is 1.45. The molecule has 2 rings (SSSR count). The van der Waals surface area contributed by atoms with E-state index in [0.29, 0.717) is 13.0 Å². The van der Waals surface area contributed by atoms with Crippen LogP contribution in [0.2, 0.25) is 0 Å². The number of aryl methyl sites for hydroxylation is 2. The molecule has 0 aromatic heterocycles. The SMILES string of the molecule is CCOC(=O)CC1CCc2c(C)[c-]c(C)c(C)c2C1O.[Y]. The summed E-state index contributed by atoms with van der Waals surface area (Å²) in [6.45, 7) is 8.29. The third-order valence-corrected chi connectivity index (χ3v) is 4.36. The number of aliphatic hydroxyl groups is 1. The first-order chi connectivity index (χ1) is 9.45. The van der Waals surface area contributed by atoms with Crippen LogP contribution >= 0.6 is 0 Å². The van der Waals surface area contributed by atoms with E-state index in [2.05, 4.69) is 6.07 Å². The van der Waals surface area contributed by atoms with Gasteiger partial charge in [0, 0.05) is 32.7 Å². The Morgan fingerprint density at radius 2 is 2.00 bits per heavy atom. The molecule has 1 aromatic carbocycles. The Morgan fingerprint density at radius 1 is 1.33 bits per heavy atom. The number of carbonyl (C=O) groups is 1. The van der Waals surface area contributed by atoms with Crippen LogP contribution in [0.5, 0.6) is 0 Å². The molecular formula is C17H23O3Y-. The number of esters is 1. The maximum atomic E-state index is 11.6. The van der Waals surface area contributed by atoms with Crippen molar-refractivity contribution in [3.05, 3.63) is 33.9 Å². The topological polar surface area (TPSA) is 46.5 Å². The second kappa shape index (κ2) is 7.85. The van der Waals surface area contributed by atoms with Crippen molar-refractivity contribution in [3.63, 3.8) is 0 Å². The minimum atomic E-state index is -0.574. The fourth-order valence-electron chi connectivity index (χ4n) is 3.17. The van der Waals surface area contributed by atoms with Gasteiger partial charge in [-0.25, -0.2) is 0 Å². The van der Waals surface area contributed by atoms with Crippen molar-refractivity contribution in [3.8, 4) is 0 Å². The van der Waals surface area contributed by atoms with Gasteiger partial charge < -0.3 is 9.84 Å². The van der Waals surface area contributed by atoms with Gasteiger partial charge in [-0.3, -0.25) is 4.79 Å². The fraction of sp³-hybridized carbons (Fsp3) is 0.588. The molecule has 0 aliphatic heterocycles. The summed E-state index contributed by atoms with van der Waals surface area (Å²) >= 11 is 0. The summed E-state index contributed by atoms with van der Waals surface area (Å²) in [5.74, 6) is -0.255. The molecule has 0 bridgehead atoms. The summed E-state index contributed by atoms with van der Waals surface area (Å²) in [7, 11) is 0. The predicted octanol–water partition coefficient (Wildman–Crippen LogP) is 2.96. The van der Waals surface area contributed by atoms with E-state index >= 15 is 0 Å². The van der Waals surface area contributed by atoms with Crippen LogP contribution in [0.4, 0.5) is 0 Å². The van der Waals surface area contributed by atoms with Crippen molar-refractivity contribution in [2.45, 2.75) is 53.1 Å². The molecule has 1 radical (unpaired) electrons. The number of hydrogen-bond acceptors (Lipinski definition) is 3. The zero-order valence-corrected chi connectivity index (χ0v) is 16.2. The van der Waals surface area contributed by atoms with Gasteiger partial charge in [0.15, 0.2) is 0 Å². The van der Waals surface area contributed by atoms with Crippen LogP contribution in [-0.4, -0.2) is 17.7 Å². The molecule has 21 heavy (non-hydrogen) atoms. The maximum absolute atomic E-state index is 11.6. The number of benzene rings is 1. The summed E-state index contributed by atoms with van der Waals surface area (Å²) in [6, 6.07) is 3.36. The summed E-state index contributed by atoms with van der Waals surface area (Å²) in [4.78, 5) is 11.6. The van der Waals surface area contributed by atoms with E-state index in [0.717, 1.165) is 35.1 Å². The first kappa shape index (κ1) is 18.8. The van der Waals surface area contributed by atoms with E-state index < -0.39 is 6.10 Å². The van der Waals surface area contributed by atoms with Gasteiger partial charge in [-0.2, -0.15) is 22.8 Å². The average Bonchev–Trinajstić information content (AvgIpc) is 2.38. The molecule has 4 heteroatoms. The second-order valence-electron chi connectivity index (χ2n) is 5.64. The third-order valence-electron chi connectivity index (χ3n) is 4.36. The van der Waals surface area contributed by atoms with E-state index in [1.54, 1.807) is 6.92 Å². The van der Waals surface area contributed by atoms with Crippen LogP contribution < -0.4 is 0 Å². The molecule has 1 aromatic rings. The Balaban J connectivity index is 0.00000220. The normalized spacial score (nSPS) is 20.4. The van der Waals surface area contributed by atoms with Crippen molar-refractivity contribution >= 4 is 5.97 Å². The molecule has 2 unspecified atom stereocenters. The number of aliphatic hydroxyl groups excluding tert-OH is 1. The van der Waals surface area contributed by atoms with E-state index in [4.69, 9.17) is 4.74 Å². The first-order valence-electron chi connectivity index (χ1n) is 7.31. The minimum Gasteiger partial charge on any atom is -0.466 e. The van der Waals surface area contributed by atoms with E-state index in [-0.39, 0.29) is 44.6 Å². The molecule has 0 fully saturated rings. The maximum Gasteiger partial charge on any atom is 0.306 e. The van der Waals surface area contributed by atoms with Gasteiger partial charge in [0.2, 0.25) is 0 Å². The minimum absolute atomic E-state index is 0. The Kier molecular flexibility index (Phi) is 7.03. The summed E-state index contributed by atoms with van der Waals surface area (Å²) in [5, 5.41) is 10.6. The first-order valence-corrected chi connectivity index (χ1v) is 7.31. The van der Waals surface area contributed by atoms with Gasteiger partial charge in [-0.1, -0.05) is 33.6 Å². The van der Waals surface area contributed by atoms with Crippen molar-refractivity contribution in [2.24, 2.45) is 5.92 Å². The van der Waals surface area contributed by atoms with Gasteiger partial charge in [0.1, 0.15) is 0 Å². The molecule has 1 aliphatic carbocycles. The summed E-state index contributed by atoms with van der Waals surface area (Å²) in [5.41, 5.74) is 5.53. The monoisotopic (exact) mass is 364 g/mol. The van der Waals surface area contributed by atoms with E-state index in [1.807, 2.05) is 20.8 Å². The molecule has 0 spiro atoms. The second-order valence-corrected chi connectivity index (χ2v) is 5.64. The van der Waals surface area contributed by atoms with Gasteiger partial charge >= 0.3 is 5.97 Å². The molecule has 113 valence electrons. The van der Waals surface area contributed by atoms with E-state index in [9.17, 15) is 9.90 Å². The Bertz CT molecular complexity index is 525. The van der Waals surface area contributed by atoms with Gasteiger partial charge in [0.25, 0.3) is 0 Å². The van der Waals surface area contributed by atoms with Gasteiger partial charge in [-0.15, -0.1) is 11.1 Å². The van der Waals surface area contributed by atoms with Crippen LogP contribution in [0.3, 0.4) is 0 Å². The Morgan fingerprint density at radius 3 is 2.62 bits per heavy atom. The number of ether oxygens (including phenoxy) is 1. The molecule has 0 saturated carbocycles. The van der Waals surface area contributed by atoms with Gasteiger partial charge in [0.05, 0.1) is 19.1 Å². The molecule has 1 N–H and O–H groups in total. The van der Waals surface area contributed by atoms with Crippen LogP contribution in [0, 0.1) is 32.8 Å². The zero-order valence-electron chi connectivity index (χ0n) is 13.3. The summed E-state index contributed by atoms with van der Waals surface area (Å²) < 4.78 is 5.00.